The number of hydrogen-bond donors (Lipinski definition) is 3. The van der Waals surface area contributed by atoms with Gasteiger partial charge in [0.05, 0.1) is 29.2 Å². The smallest absolute Gasteiger partial charge is 0.244 e. The highest BCUT2D eigenvalue weighted by atomic mass is 32.1. The molecule has 1 aliphatic heterocycles. The van der Waals surface area contributed by atoms with Crippen LogP contribution in [0.3, 0.4) is 0 Å². The summed E-state index contributed by atoms with van der Waals surface area (Å²) in [5, 5.41) is 28.8. The Labute approximate surface area is 152 Å². The van der Waals surface area contributed by atoms with Gasteiger partial charge in [0.25, 0.3) is 0 Å². The molecule has 130 valence electrons. The van der Waals surface area contributed by atoms with E-state index in [9.17, 15) is 10.4 Å². The fourth-order valence-electron chi connectivity index (χ4n) is 3.06. The van der Waals surface area contributed by atoms with Gasteiger partial charge in [0, 0.05) is 0 Å². The van der Waals surface area contributed by atoms with Crippen molar-refractivity contribution in [3.63, 3.8) is 0 Å². The number of rotatable bonds is 3. The number of benzene rings is 1. The topological polar surface area (TPSA) is 117 Å². The second-order valence-electron chi connectivity index (χ2n) is 5.65. The van der Waals surface area contributed by atoms with Gasteiger partial charge < -0.3 is 20.3 Å². The molecule has 0 amide bonds. The van der Waals surface area contributed by atoms with E-state index in [0.717, 1.165) is 21.7 Å². The van der Waals surface area contributed by atoms with Crippen LogP contribution < -0.4 is 15.2 Å². The van der Waals surface area contributed by atoms with Crippen molar-refractivity contribution in [2.45, 2.75) is 5.92 Å². The van der Waals surface area contributed by atoms with E-state index in [1.165, 1.54) is 13.2 Å². The number of phenols is 1. The van der Waals surface area contributed by atoms with Crippen molar-refractivity contribution in [2.75, 3.05) is 7.11 Å². The van der Waals surface area contributed by atoms with Crippen LogP contribution in [0.4, 0.5) is 0 Å². The molecule has 0 spiro atoms. The number of hydrogen-bond acceptors (Lipinski definition) is 7. The zero-order valence-electron chi connectivity index (χ0n) is 13.7. The van der Waals surface area contributed by atoms with Gasteiger partial charge in [0.2, 0.25) is 11.8 Å². The standard InChI is InChI=1S/C18H14N4O3S/c1-24-12-7-9(4-5-11(12)23)14-10(8-19)17(20)25-18-15(14)16(21-22-18)13-3-2-6-26-13/h2-7,14,23H,20H2,1H3,(H,21,22)/t14-/m1/s1. The Balaban J connectivity index is 1.96. The normalized spacial score (nSPS) is 15.9. The monoisotopic (exact) mass is 366 g/mol. The minimum Gasteiger partial charge on any atom is -0.504 e. The molecule has 0 unspecified atom stereocenters. The second kappa shape index (κ2) is 6.13. The number of thiophene rings is 1. The van der Waals surface area contributed by atoms with E-state index in [0.29, 0.717) is 11.6 Å². The Morgan fingerprint density at radius 1 is 1.42 bits per heavy atom. The molecule has 0 radical (unpaired) electrons. The molecule has 3 heterocycles. The van der Waals surface area contributed by atoms with Gasteiger partial charge in [-0.05, 0) is 29.1 Å². The summed E-state index contributed by atoms with van der Waals surface area (Å²) in [6.45, 7) is 0. The van der Waals surface area contributed by atoms with Crippen molar-refractivity contribution < 1.29 is 14.6 Å². The average Bonchev–Trinajstić information content (AvgIpc) is 3.30. The summed E-state index contributed by atoms with van der Waals surface area (Å²) in [4.78, 5) is 0.968. The van der Waals surface area contributed by atoms with Crippen LogP contribution in [0.2, 0.25) is 0 Å². The second-order valence-corrected chi connectivity index (χ2v) is 6.60. The number of phenolic OH excluding ortho intramolecular Hbond substituents is 1. The number of nitriles is 1. The SMILES string of the molecule is COc1cc([C@@H]2C(C#N)=C(N)Oc3n[nH]c(-c4cccs4)c32)ccc1O. The van der Waals surface area contributed by atoms with E-state index in [2.05, 4.69) is 16.3 Å². The maximum absolute atomic E-state index is 9.90. The number of aromatic hydroxyl groups is 1. The highest BCUT2D eigenvalue weighted by molar-refractivity contribution is 7.13. The van der Waals surface area contributed by atoms with E-state index in [4.69, 9.17) is 15.2 Å². The van der Waals surface area contributed by atoms with E-state index in [1.54, 1.807) is 23.5 Å². The third-order valence-corrected chi connectivity index (χ3v) is 5.13. The Hall–Kier alpha value is -3.44. The van der Waals surface area contributed by atoms with E-state index >= 15 is 0 Å². The van der Waals surface area contributed by atoms with Crippen molar-refractivity contribution in [3.8, 4) is 34.0 Å². The fourth-order valence-corrected chi connectivity index (χ4v) is 3.80. The van der Waals surface area contributed by atoms with Crippen molar-refractivity contribution in [2.24, 2.45) is 5.73 Å². The molecular formula is C18H14N4O3S. The Morgan fingerprint density at radius 2 is 2.27 bits per heavy atom. The number of aromatic amines is 1. The van der Waals surface area contributed by atoms with Gasteiger partial charge in [0.1, 0.15) is 11.6 Å². The summed E-state index contributed by atoms with van der Waals surface area (Å²) in [6.07, 6.45) is 0. The van der Waals surface area contributed by atoms with Gasteiger partial charge in [-0.2, -0.15) is 5.26 Å². The summed E-state index contributed by atoms with van der Waals surface area (Å²) in [5.74, 6) is 0.189. The first-order valence-electron chi connectivity index (χ1n) is 7.70. The van der Waals surface area contributed by atoms with E-state index in [-0.39, 0.29) is 17.2 Å². The molecule has 26 heavy (non-hydrogen) atoms. The predicted molar refractivity (Wildman–Crippen MR) is 95.9 cm³/mol. The van der Waals surface area contributed by atoms with Crippen LogP contribution in [-0.4, -0.2) is 22.4 Å². The molecule has 4 rings (SSSR count). The van der Waals surface area contributed by atoms with Gasteiger partial charge >= 0.3 is 0 Å². The lowest BCUT2D eigenvalue weighted by molar-refractivity contribution is 0.371. The molecular weight excluding hydrogens is 352 g/mol. The third-order valence-electron chi connectivity index (χ3n) is 4.24. The minimum atomic E-state index is -0.492. The predicted octanol–water partition coefficient (Wildman–Crippen LogP) is 3.07. The Bertz CT molecular complexity index is 1050. The highest BCUT2D eigenvalue weighted by Crippen LogP contribution is 2.47. The number of aromatic nitrogens is 2. The zero-order valence-corrected chi connectivity index (χ0v) is 14.5. The number of methoxy groups -OCH3 is 1. The van der Waals surface area contributed by atoms with Crippen molar-refractivity contribution in [1.82, 2.24) is 10.2 Å². The largest absolute Gasteiger partial charge is 0.504 e. The minimum absolute atomic E-state index is 0.0151. The molecule has 0 bridgehead atoms. The molecule has 1 aromatic carbocycles. The molecule has 4 N–H and O–H groups in total. The van der Waals surface area contributed by atoms with Crippen LogP contribution >= 0.6 is 11.3 Å². The lowest BCUT2D eigenvalue weighted by Crippen LogP contribution is -2.21. The molecule has 0 saturated heterocycles. The van der Waals surface area contributed by atoms with Crippen molar-refractivity contribution in [3.05, 3.63) is 58.3 Å². The Kier molecular flexibility index (Phi) is 3.78. The molecule has 1 aliphatic rings. The number of nitrogens with two attached hydrogens (primary N) is 1. The van der Waals surface area contributed by atoms with Gasteiger partial charge in [-0.15, -0.1) is 16.4 Å². The van der Waals surface area contributed by atoms with Gasteiger partial charge in [-0.25, -0.2) is 0 Å². The van der Waals surface area contributed by atoms with Gasteiger partial charge in [0.15, 0.2) is 11.5 Å². The van der Waals surface area contributed by atoms with Crippen molar-refractivity contribution >= 4 is 11.3 Å². The number of ether oxygens (including phenoxy) is 2. The summed E-state index contributed by atoms with van der Waals surface area (Å²) >= 11 is 1.55. The first-order chi connectivity index (χ1) is 12.6. The molecule has 8 heteroatoms. The number of fused-ring (bicyclic) bond motifs is 1. The molecule has 0 fully saturated rings. The lowest BCUT2D eigenvalue weighted by atomic mass is 9.83. The molecule has 1 atom stereocenters. The Morgan fingerprint density at radius 3 is 2.96 bits per heavy atom. The zero-order chi connectivity index (χ0) is 18.3. The van der Waals surface area contributed by atoms with Crippen molar-refractivity contribution in [1.29, 1.82) is 5.26 Å². The summed E-state index contributed by atoms with van der Waals surface area (Å²) < 4.78 is 10.8. The summed E-state index contributed by atoms with van der Waals surface area (Å²) in [6, 6.07) is 11.0. The van der Waals surface area contributed by atoms with Crippen LogP contribution in [0.25, 0.3) is 10.6 Å². The van der Waals surface area contributed by atoms with Crippen LogP contribution in [0.1, 0.15) is 17.0 Å². The number of nitrogens with one attached hydrogen (secondary N) is 1. The number of allylic oxidation sites excluding steroid dienone is 1. The van der Waals surface area contributed by atoms with Gasteiger partial charge in [-0.3, -0.25) is 5.10 Å². The molecule has 0 saturated carbocycles. The van der Waals surface area contributed by atoms with Crippen LogP contribution in [0, 0.1) is 11.3 Å². The maximum atomic E-state index is 9.90. The molecule has 7 nitrogen and oxygen atoms in total. The quantitative estimate of drug-likeness (QED) is 0.656. The third kappa shape index (κ3) is 2.37. The van der Waals surface area contributed by atoms with Gasteiger partial charge in [-0.1, -0.05) is 12.1 Å². The number of H-pyrrole nitrogens is 1. The van der Waals surface area contributed by atoms with Crippen LogP contribution in [0.5, 0.6) is 17.4 Å². The van der Waals surface area contributed by atoms with E-state index in [1.807, 2.05) is 17.5 Å². The first-order valence-corrected chi connectivity index (χ1v) is 8.58. The lowest BCUT2D eigenvalue weighted by Gasteiger charge is -2.24. The fraction of sp³-hybridized carbons (Fsp3) is 0.111. The number of nitrogens with zero attached hydrogens (tertiary/aromatic N) is 2. The van der Waals surface area contributed by atoms with E-state index < -0.39 is 5.92 Å². The highest BCUT2D eigenvalue weighted by Gasteiger charge is 2.36. The van der Waals surface area contributed by atoms with Crippen LogP contribution in [0.15, 0.2) is 47.2 Å². The molecule has 0 aliphatic carbocycles. The summed E-state index contributed by atoms with van der Waals surface area (Å²) in [5.41, 5.74) is 8.48. The summed E-state index contributed by atoms with van der Waals surface area (Å²) in [7, 11) is 1.47. The maximum Gasteiger partial charge on any atom is 0.244 e. The first kappa shape index (κ1) is 16.1. The molecule has 2 aromatic heterocycles. The van der Waals surface area contributed by atoms with Crippen LogP contribution in [-0.2, 0) is 0 Å². The average molecular weight is 366 g/mol. The molecule has 3 aromatic rings.